The highest BCUT2D eigenvalue weighted by Crippen LogP contribution is 2.29. The van der Waals surface area contributed by atoms with Crippen molar-refractivity contribution in [3.05, 3.63) is 53.6 Å². The molecular weight excluding hydrogens is 488 g/mol. The Kier molecular flexibility index (Phi) is 9.77. The molecular formula is C24H24N4O5S2. The van der Waals surface area contributed by atoms with Gasteiger partial charge in [0.2, 0.25) is 10.3 Å². The minimum Gasteiger partial charge on any atom is -0.497 e. The molecule has 0 saturated carbocycles. The maximum Gasteiger partial charge on any atom is 0.268 e. The van der Waals surface area contributed by atoms with Gasteiger partial charge in [0.25, 0.3) is 5.91 Å². The third-order valence-electron chi connectivity index (χ3n) is 4.43. The van der Waals surface area contributed by atoms with Crippen LogP contribution in [0.4, 0.5) is 5.13 Å². The molecule has 1 aromatic heterocycles. The molecule has 35 heavy (non-hydrogen) atoms. The van der Waals surface area contributed by atoms with Crippen LogP contribution < -0.4 is 24.3 Å². The molecule has 9 nitrogen and oxygen atoms in total. The summed E-state index contributed by atoms with van der Waals surface area (Å²) in [6.07, 6.45) is 1.47. The summed E-state index contributed by atoms with van der Waals surface area (Å²) in [4.78, 5) is 16.7. The van der Waals surface area contributed by atoms with Crippen LogP contribution in [0.25, 0.3) is 6.08 Å². The van der Waals surface area contributed by atoms with E-state index >= 15 is 0 Å². The summed E-state index contributed by atoms with van der Waals surface area (Å²) in [6, 6.07) is 14.3. The van der Waals surface area contributed by atoms with Gasteiger partial charge in [0.1, 0.15) is 36.4 Å². The molecule has 0 aliphatic carbocycles. The Hall–Kier alpha value is -3.75. The van der Waals surface area contributed by atoms with Gasteiger partial charge in [0.15, 0.2) is 11.5 Å². The van der Waals surface area contributed by atoms with Gasteiger partial charge in [0, 0.05) is 11.5 Å². The van der Waals surface area contributed by atoms with E-state index in [-0.39, 0.29) is 5.57 Å². The van der Waals surface area contributed by atoms with Crippen molar-refractivity contribution >= 4 is 40.4 Å². The molecule has 0 spiro atoms. The molecule has 182 valence electrons. The summed E-state index contributed by atoms with van der Waals surface area (Å²) in [5.41, 5.74) is 0.531. The fourth-order valence-corrected chi connectivity index (χ4v) is 4.07. The second kappa shape index (κ2) is 13.2. The Balaban J connectivity index is 1.59. The first kappa shape index (κ1) is 25.9. The van der Waals surface area contributed by atoms with E-state index in [4.69, 9.17) is 18.9 Å². The molecule has 0 aliphatic heterocycles. The Morgan fingerprint density at radius 3 is 2.51 bits per heavy atom. The van der Waals surface area contributed by atoms with Crippen LogP contribution in [0.2, 0.25) is 0 Å². The molecule has 3 aromatic rings. The largest absolute Gasteiger partial charge is 0.497 e. The van der Waals surface area contributed by atoms with E-state index in [0.29, 0.717) is 46.3 Å². The van der Waals surface area contributed by atoms with Crippen molar-refractivity contribution in [1.82, 2.24) is 9.36 Å². The molecule has 3 rings (SSSR count). The summed E-state index contributed by atoms with van der Waals surface area (Å²) in [7, 11) is 3.12. The normalized spacial score (nSPS) is 10.9. The number of nitriles is 1. The highest BCUT2D eigenvalue weighted by atomic mass is 32.2. The fraction of sp³-hybridized carbons (Fsp3) is 0.250. The van der Waals surface area contributed by atoms with E-state index in [2.05, 4.69) is 14.7 Å². The van der Waals surface area contributed by atoms with Crippen molar-refractivity contribution in [1.29, 1.82) is 5.26 Å². The first-order chi connectivity index (χ1) is 17.1. The number of methoxy groups -OCH3 is 2. The van der Waals surface area contributed by atoms with Crippen LogP contribution in [0.15, 0.2) is 53.2 Å². The van der Waals surface area contributed by atoms with Crippen molar-refractivity contribution < 1.29 is 23.7 Å². The smallest absolute Gasteiger partial charge is 0.268 e. The maximum absolute atomic E-state index is 12.5. The minimum atomic E-state index is -0.563. The predicted molar refractivity (Wildman–Crippen MR) is 136 cm³/mol. The van der Waals surface area contributed by atoms with Gasteiger partial charge in [0.05, 0.1) is 14.2 Å². The fourth-order valence-electron chi connectivity index (χ4n) is 2.80. The van der Waals surface area contributed by atoms with Crippen LogP contribution in [0.3, 0.4) is 0 Å². The molecule has 1 amide bonds. The first-order valence-corrected chi connectivity index (χ1v) is 12.3. The number of rotatable bonds is 12. The van der Waals surface area contributed by atoms with E-state index in [9.17, 15) is 10.1 Å². The van der Waals surface area contributed by atoms with Crippen LogP contribution in [0.5, 0.6) is 23.0 Å². The number of nitrogens with one attached hydrogen (secondary N) is 1. The van der Waals surface area contributed by atoms with E-state index in [1.54, 1.807) is 25.3 Å². The molecule has 0 aliphatic rings. The van der Waals surface area contributed by atoms with Crippen LogP contribution in [-0.2, 0) is 4.79 Å². The summed E-state index contributed by atoms with van der Waals surface area (Å²) in [5.74, 6) is 2.70. The Labute approximate surface area is 211 Å². The van der Waals surface area contributed by atoms with Crippen LogP contribution in [0.1, 0.15) is 12.5 Å². The van der Waals surface area contributed by atoms with Gasteiger partial charge in [-0.2, -0.15) is 14.6 Å². The van der Waals surface area contributed by atoms with Crippen LogP contribution in [0, 0.1) is 11.3 Å². The zero-order valence-corrected chi connectivity index (χ0v) is 21.1. The topological polar surface area (TPSA) is 116 Å². The van der Waals surface area contributed by atoms with Crippen molar-refractivity contribution in [3.8, 4) is 29.1 Å². The van der Waals surface area contributed by atoms with Crippen LogP contribution in [-0.4, -0.2) is 48.5 Å². The van der Waals surface area contributed by atoms with E-state index in [1.165, 1.54) is 24.9 Å². The van der Waals surface area contributed by atoms with Gasteiger partial charge < -0.3 is 18.9 Å². The highest BCUT2D eigenvalue weighted by Gasteiger charge is 2.14. The summed E-state index contributed by atoms with van der Waals surface area (Å²) >= 11 is 2.54. The summed E-state index contributed by atoms with van der Waals surface area (Å²) < 4.78 is 26.1. The lowest BCUT2D eigenvalue weighted by molar-refractivity contribution is -0.112. The Morgan fingerprint density at radius 1 is 1.09 bits per heavy atom. The standard InChI is InChI=1S/C24H24N4O5S2/c1-4-34-24-27-23(35-28-24)26-22(29)17(15-25)13-16-5-10-20(21(14-16)31-3)33-12-11-32-19-8-6-18(30-2)7-9-19/h5-10,13-14H,4,11-12H2,1-3H3,(H,26,27,28,29). The Bertz CT molecular complexity index is 1210. The average Bonchev–Trinajstić information content (AvgIpc) is 3.32. The number of carbonyl (C=O) groups excluding carboxylic acids is 1. The molecule has 0 bridgehead atoms. The summed E-state index contributed by atoms with van der Waals surface area (Å²) in [5, 5.41) is 13.0. The number of hydrogen-bond donors (Lipinski definition) is 1. The first-order valence-electron chi connectivity index (χ1n) is 10.5. The van der Waals surface area contributed by atoms with Gasteiger partial charge >= 0.3 is 0 Å². The molecule has 2 aromatic carbocycles. The third-order valence-corrected chi connectivity index (χ3v) is 5.91. The number of thioether (sulfide) groups is 1. The molecule has 0 unspecified atom stereocenters. The molecule has 1 N–H and O–H groups in total. The molecule has 0 radical (unpaired) electrons. The second-order valence-electron chi connectivity index (χ2n) is 6.72. The number of carbonyl (C=O) groups is 1. The molecule has 11 heteroatoms. The third kappa shape index (κ3) is 7.63. The zero-order valence-electron chi connectivity index (χ0n) is 19.4. The van der Waals surface area contributed by atoms with Crippen molar-refractivity contribution in [3.63, 3.8) is 0 Å². The number of hydrogen-bond acceptors (Lipinski definition) is 10. The monoisotopic (exact) mass is 512 g/mol. The summed E-state index contributed by atoms with van der Waals surface area (Å²) in [6.45, 7) is 2.62. The van der Waals surface area contributed by atoms with Gasteiger partial charge in [-0.15, -0.1) is 0 Å². The lowest BCUT2D eigenvalue weighted by Gasteiger charge is -2.12. The van der Waals surface area contributed by atoms with E-state index in [1.807, 2.05) is 37.3 Å². The Morgan fingerprint density at radius 2 is 1.83 bits per heavy atom. The predicted octanol–water partition coefficient (Wildman–Crippen LogP) is 4.67. The number of anilines is 1. The number of amides is 1. The van der Waals surface area contributed by atoms with Crippen molar-refractivity contribution in [2.75, 3.05) is 38.5 Å². The quantitative estimate of drug-likeness (QED) is 0.160. The molecule has 1 heterocycles. The average molecular weight is 513 g/mol. The molecule has 0 fully saturated rings. The maximum atomic E-state index is 12.5. The van der Waals surface area contributed by atoms with Gasteiger partial charge in [-0.1, -0.05) is 24.8 Å². The van der Waals surface area contributed by atoms with Crippen molar-refractivity contribution in [2.24, 2.45) is 0 Å². The number of benzene rings is 2. The van der Waals surface area contributed by atoms with Gasteiger partial charge in [-0.25, -0.2) is 0 Å². The molecule has 0 saturated heterocycles. The number of aromatic nitrogens is 2. The zero-order chi connectivity index (χ0) is 25.0. The van der Waals surface area contributed by atoms with Crippen molar-refractivity contribution in [2.45, 2.75) is 12.1 Å². The SMILES string of the molecule is CCSc1nsc(NC(=O)C(C#N)=Cc2ccc(OCCOc3ccc(OC)cc3)c(OC)c2)n1. The van der Waals surface area contributed by atoms with E-state index < -0.39 is 5.91 Å². The van der Waals surface area contributed by atoms with Crippen LogP contribution >= 0.6 is 23.3 Å². The second-order valence-corrected chi connectivity index (χ2v) is 8.70. The van der Waals surface area contributed by atoms with E-state index in [0.717, 1.165) is 23.0 Å². The molecule has 0 atom stereocenters. The number of ether oxygens (including phenoxy) is 4. The highest BCUT2D eigenvalue weighted by molar-refractivity contribution is 7.99. The van der Waals surface area contributed by atoms with Gasteiger partial charge in [-0.3, -0.25) is 10.1 Å². The number of nitrogens with zero attached hydrogens (tertiary/aromatic N) is 3. The van der Waals surface area contributed by atoms with Gasteiger partial charge in [-0.05, 0) is 53.8 Å². The lowest BCUT2D eigenvalue weighted by Crippen LogP contribution is -2.13. The lowest BCUT2D eigenvalue weighted by atomic mass is 10.1. The minimum absolute atomic E-state index is 0.0755.